The van der Waals surface area contributed by atoms with E-state index in [9.17, 15) is 0 Å². The number of hydrogen-bond acceptors (Lipinski definition) is 3. The summed E-state index contributed by atoms with van der Waals surface area (Å²) in [5.74, 6) is 0.322. The highest BCUT2D eigenvalue weighted by molar-refractivity contribution is 5.80. The molecular formula is C10H21N3O. The van der Waals surface area contributed by atoms with Crippen molar-refractivity contribution in [3.05, 3.63) is 0 Å². The number of amidine groups is 1. The van der Waals surface area contributed by atoms with Gasteiger partial charge in [-0.05, 0) is 26.8 Å². The Morgan fingerprint density at radius 2 is 2.14 bits per heavy atom. The van der Waals surface area contributed by atoms with Gasteiger partial charge in [0.15, 0.2) is 0 Å². The van der Waals surface area contributed by atoms with Crippen LogP contribution in [0.1, 0.15) is 39.0 Å². The fourth-order valence-corrected chi connectivity index (χ4v) is 2.16. The molecule has 1 rings (SSSR count). The highest BCUT2D eigenvalue weighted by Gasteiger charge is 2.23. The van der Waals surface area contributed by atoms with Crippen molar-refractivity contribution in [2.24, 2.45) is 10.9 Å². The molecule has 0 radical (unpaired) electrons. The molecule has 14 heavy (non-hydrogen) atoms. The summed E-state index contributed by atoms with van der Waals surface area (Å²) in [5.41, 5.74) is 5.48. The Labute approximate surface area is 85.8 Å². The van der Waals surface area contributed by atoms with Crippen LogP contribution in [-0.4, -0.2) is 35.1 Å². The number of rotatable bonds is 4. The average Bonchev–Trinajstić information content (AvgIpc) is 2.69. The molecule has 0 aromatic heterocycles. The number of nitrogens with two attached hydrogens (primary N) is 1. The molecule has 1 saturated carbocycles. The van der Waals surface area contributed by atoms with Gasteiger partial charge in [-0.25, -0.2) is 0 Å². The normalized spacial score (nSPS) is 21.8. The van der Waals surface area contributed by atoms with Crippen LogP contribution in [0.5, 0.6) is 0 Å². The van der Waals surface area contributed by atoms with Gasteiger partial charge in [0.2, 0.25) is 0 Å². The minimum atomic E-state index is 0.322. The highest BCUT2D eigenvalue weighted by Crippen LogP contribution is 2.24. The first-order chi connectivity index (χ1) is 6.65. The van der Waals surface area contributed by atoms with Crippen molar-refractivity contribution < 1.29 is 5.21 Å². The van der Waals surface area contributed by atoms with Crippen molar-refractivity contribution in [3.8, 4) is 0 Å². The zero-order valence-electron chi connectivity index (χ0n) is 9.11. The van der Waals surface area contributed by atoms with Gasteiger partial charge in [-0.2, -0.15) is 0 Å². The second-order valence-corrected chi connectivity index (χ2v) is 4.25. The van der Waals surface area contributed by atoms with E-state index < -0.39 is 0 Å². The predicted octanol–water partition coefficient (Wildman–Crippen LogP) is 1.39. The van der Waals surface area contributed by atoms with Gasteiger partial charge >= 0.3 is 0 Å². The molecule has 1 aliphatic carbocycles. The third-order valence-electron chi connectivity index (χ3n) is 3.23. The maximum absolute atomic E-state index is 8.48. The van der Waals surface area contributed by atoms with Crippen LogP contribution in [-0.2, 0) is 0 Å². The maximum Gasteiger partial charge on any atom is 0.140 e. The van der Waals surface area contributed by atoms with Gasteiger partial charge in [0.1, 0.15) is 5.84 Å². The van der Waals surface area contributed by atoms with Gasteiger partial charge in [0.05, 0.1) is 0 Å². The van der Waals surface area contributed by atoms with E-state index in [1.165, 1.54) is 25.7 Å². The quantitative estimate of drug-likeness (QED) is 0.311. The van der Waals surface area contributed by atoms with Crippen LogP contribution in [0.25, 0.3) is 0 Å². The molecule has 0 bridgehead atoms. The van der Waals surface area contributed by atoms with Crippen molar-refractivity contribution in [2.75, 3.05) is 7.05 Å². The fraction of sp³-hybridized carbons (Fsp3) is 0.900. The second-order valence-electron chi connectivity index (χ2n) is 4.25. The van der Waals surface area contributed by atoms with Crippen LogP contribution in [0, 0.1) is 0 Å². The van der Waals surface area contributed by atoms with Crippen LogP contribution >= 0.6 is 0 Å². The van der Waals surface area contributed by atoms with Crippen molar-refractivity contribution >= 4 is 5.84 Å². The van der Waals surface area contributed by atoms with Crippen molar-refractivity contribution in [1.82, 2.24) is 4.90 Å². The lowest BCUT2D eigenvalue weighted by molar-refractivity contribution is 0.189. The van der Waals surface area contributed by atoms with E-state index in [0.29, 0.717) is 24.3 Å². The Morgan fingerprint density at radius 3 is 2.64 bits per heavy atom. The van der Waals surface area contributed by atoms with Crippen LogP contribution in [0.4, 0.5) is 0 Å². The Kier molecular flexibility index (Phi) is 4.20. The molecule has 0 aliphatic heterocycles. The molecule has 0 saturated heterocycles. The summed E-state index contributed by atoms with van der Waals surface area (Å²) in [5, 5.41) is 11.5. The standard InChI is InChI=1S/C10H21N3O/c1-8(7-10(11)12-14)13(2)9-5-3-4-6-9/h8-9,14H,3-7H2,1-2H3,(H2,11,12). The molecule has 1 atom stereocenters. The van der Waals surface area contributed by atoms with Crippen LogP contribution in [0.3, 0.4) is 0 Å². The Morgan fingerprint density at radius 1 is 1.57 bits per heavy atom. The molecule has 0 aromatic rings. The number of oxime groups is 1. The van der Waals surface area contributed by atoms with Crippen LogP contribution in [0.2, 0.25) is 0 Å². The summed E-state index contributed by atoms with van der Waals surface area (Å²) >= 11 is 0. The third-order valence-corrected chi connectivity index (χ3v) is 3.23. The summed E-state index contributed by atoms with van der Waals surface area (Å²) in [6.45, 7) is 2.12. The molecule has 1 aliphatic rings. The summed E-state index contributed by atoms with van der Waals surface area (Å²) in [6, 6.07) is 1.05. The average molecular weight is 199 g/mol. The monoisotopic (exact) mass is 199 g/mol. The van der Waals surface area contributed by atoms with Crippen LogP contribution in [0.15, 0.2) is 5.16 Å². The molecule has 1 fully saturated rings. The van der Waals surface area contributed by atoms with E-state index in [1.807, 2.05) is 0 Å². The summed E-state index contributed by atoms with van der Waals surface area (Å²) < 4.78 is 0. The Hall–Kier alpha value is -0.770. The third kappa shape index (κ3) is 2.87. The van der Waals surface area contributed by atoms with Crippen LogP contribution < -0.4 is 5.73 Å². The summed E-state index contributed by atoms with van der Waals surface area (Å²) in [4.78, 5) is 2.35. The van der Waals surface area contributed by atoms with E-state index in [4.69, 9.17) is 10.9 Å². The summed E-state index contributed by atoms with van der Waals surface area (Å²) in [6.07, 6.45) is 5.90. The van der Waals surface area contributed by atoms with Crippen molar-refractivity contribution in [2.45, 2.75) is 51.1 Å². The largest absolute Gasteiger partial charge is 0.409 e. The van der Waals surface area contributed by atoms with E-state index in [1.54, 1.807) is 0 Å². The number of hydrogen-bond donors (Lipinski definition) is 2. The SMILES string of the molecule is CC(CC(N)=NO)N(C)C1CCCC1. The lowest BCUT2D eigenvalue weighted by Gasteiger charge is -2.30. The van der Waals surface area contributed by atoms with E-state index in [0.717, 1.165) is 0 Å². The molecule has 0 amide bonds. The van der Waals surface area contributed by atoms with E-state index in [-0.39, 0.29) is 0 Å². The Balaban J connectivity index is 2.38. The zero-order chi connectivity index (χ0) is 10.6. The molecular weight excluding hydrogens is 178 g/mol. The fourth-order valence-electron chi connectivity index (χ4n) is 2.16. The first kappa shape index (κ1) is 11.3. The lowest BCUT2D eigenvalue weighted by Crippen LogP contribution is -2.39. The predicted molar refractivity (Wildman–Crippen MR) is 57.5 cm³/mol. The molecule has 4 heteroatoms. The summed E-state index contributed by atoms with van der Waals surface area (Å²) in [7, 11) is 2.13. The van der Waals surface area contributed by atoms with E-state index in [2.05, 4.69) is 24.0 Å². The molecule has 0 spiro atoms. The van der Waals surface area contributed by atoms with E-state index >= 15 is 0 Å². The molecule has 0 heterocycles. The number of nitrogens with zero attached hydrogens (tertiary/aromatic N) is 2. The van der Waals surface area contributed by atoms with Gasteiger partial charge in [0.25, 0.3) is 0 Å². The zero-order valence-corrected chi connectivity index (χ0v) is 9.11. The first-order valence-corrected chi connectivity index (χ1v) is 5.33. The molecule has 1 unspecified atom stereocenters. The van der Waals surface area contributed by atoms with Crippen molar-refractivity contribution in [1.29, 1.82) is 0 Å². The van der Waals surface area contributed by atoms with Gasteiger partial charge in [-0.15, -0.1) is 0 Å². The lowest BCUT2D eigenvalue weighted by atomic mass is 10.1. The van der Waals surface area contributed by atoms with Crippen molar-refractivity contribution in [3.63, 3.8) is 0 Å². The molecule has 3 N–H and O–H groups in total. The smallest absolute Gasteiger partial charge is 0.140 e. The van der Waals surface area contributed by atoms with Gasteiger partial charge in [0, 0.05) is 18.5 Å². The second kappa shape index (κ2) is 5.20. The topological polar surface area (TPSA) is 61.9 Å². The van der Waals surface area contributed by atoms with Gasteiger partial charge in [-0.1, -0.05) is 18.0 Å². The molecule has 4 nitrogen and oxygen atoms in total. The first-order valence-electron chi connectivity index (χ1n) is 5.33. The van der Waals surface area contributed by atoms with Gasteiger partial charge in [-0.3, -0.25) is 0 Å². The highest BCUT2D eigenvalue weighted by atomic mass is 16.4. The van der Waals surface area contributed by atoms with Gasteiger partial charge < -0.3 is 15.8 Å². The maximum atomic E-state index is 8.48. The minimum Gasteiger partial charge on any atom is -0.409 e. The molecule has 82 valence electrons. The minimum absolute atomic E-state index is 0.322. The molecule has 0 aromatic carbocycles. The Bertz CT molecular complexity index is 200.